The van der Waals surface area contributed by atoms with Gasteiger partial charge in [0, 0.05) is 18.4 Å². The number of hydrogen-bond donors (Lipinski definition) is 1. The number of nitrogens with two attached hydrogens (primary N) is 1. The third-order valence-corrected chi connectivity index (χ3v) is 8.02. The number of para-hydroxylation sites is 1. The van der Waals surface area contributed by atoms with Crippen LogP contribution in [0.1, 0.15) is 0 Å². The van der Waals surface area contributed by atoms with Crippen LogP contribution in [0, 0.1) is 0 Å². The van der Waals surface area contributed by atoms with Crippen molar-refractivity contribution in [1.29, 1.82) is 0 Å². The van der Waals surface area contributed by atoms with E-state index < -0.39 is 0 Å². The van der Waals surface area contributed by atoms with E-state index in [2.05, 4.69) is 9.97 Å². The first-order valence-corrected chi connectivity index (χ1v) is 12.2. The molecule has 0 saturated carbocycles. The van der Waals surface area contributed by atoms with Gasteiger partial charge in [-0.3, -0.25) is 0 Å². The third-order valence-electron chi connectivity index (χ3n) is 5.16. The fourth-order valence-electron chi connectivity index (χ4n) is 3.57. The maximum absolute atomic E-state index is 6.24. The van der Waals surface area contributed by atoms with Crippen LogP contribution >= 0.6 is 21.6 Å². The molecule has 158 valence electrons. The lowest BCUT2D eigenvalue weighted by atomic mass is 10.1. The zero-order valence-electron chi connectivity index (χ0n) is 16.8. The van der Waals surface area contributed by atoms with Crippen molar-refractivity contribution in [2.24, 2.45) is 0 Å². The van der Waals surface area contributed by atoms with Gasteiger partial charge in [-0.15, -0.1) is 0 Å². The largest absolute Gasteiger partial charge is 0.457 e. The summed E-state index contributed by atoms with van der Waals surface area (Å²) in [5.41, 5.74) is 8.67. The summed E-state index contributed by atoms with van der Waals surface area (Å²) in [5, 5.41) is 5.94. The molecule has 5 rings (SSSR count). The summed E-state index contributed by atoms with van der Waals surface area (Å²) in [6, 6.07) is 17.5. The van der Waals surface area contributed by atoms with E-state index in [0.717, 1.165) is 39.5 Å². The molecule has 7 nitrogen and oxygen atoms in total. The molecule has 31 heavy (non-hydrogen) atoms. The van der Waals surface area contributed by atoms with E-state index in [0.29, 0.717) is 17.6 Å². The summed E-state index contributed by atoms with van der Waals surface area (Å²) in [5.74, 6) is 2.94. The minimum Gasteiger partial charge on any atom is -0.457 e. The standard InChI is InChI=1S/C22H21N5O2S2/c1-28-17-12-30-31-18(17)11-27-22-19(21(23)24-13-25-22)20(26-27)14-7-9-16(10-8-14)29-15-5-3-2-4-6-15/h2-10,13,17-18H,11-12H2,1H3,(H2,23,24,25)/t17-,18-/m0/s1. The number of aromatic nitrogens is 4. The number of benzene rings is 2. The number of nitrogens with zero attached hydrogens (tertiary/aromatic N) is 4. The van der Waals surface area contributed by atoms with Gasteiger partial charge in [-0.05, 0) is 36.4 Å². The van der Waals surface area contributed by atoms with Crippen molar-refractivity contribution in [2.75, 3.05) is 18.6 Å². The summed E-state index contributed by atoms with van der Waals surface area (Å²) in [7, 11) is 5.42. The van der Waals surface area contributed by atoms with E-state index in [1.54, 1.807) is 7.11 Å². The maximum Gasteiger partial charge on any atom is 0.164 e. The smallest absolute Gasteiger partial charge is 0.164 e. The van der Waals surface area contributed by atoms with Gasteiger partial charge in [0.15, 0.2) is 5.65 Å². The summed E-state index contributed by atoms with van der Waals surface area (Å²) in [6.07, 6.45) is 1.67. The highest BCUT2D eigenvalue weighted by Gasteiger charge is 2.30. The van der Waals surface area contributed by atoms with Crippen molar-refractivity contribution < 1.29 is 9.47 Å². The van der Waals surface area contributed by atoms with Crippen LogP contribution in [0.4, 0.5) is 5.82 Å². The molecule has 1 aliphatic rings. The number of rotatable bonds is 6. The molecule has 1 aliphatic heterocycles. The lowest BCUT2D eigenvalue weighted by Crippen LogP contribution is -2.27. The van der Waals surface area contributed by atoms with E-state index in [9.17, 15) is 0 Å². The van der Waals surface area contributed by atoms with Gasteiger partial charge in [0.05, 0.1) is 23.3 Å². The topological polar surface area (TPSA) is 88.1 Å². The molecule has 2 aromatic heterocycles. The molecular formula is C22H21N5O2S2. The average Bonchev–Trinajstić information content (AvgIpc) is 3.41. The quantitative estimate of drug-likeness (QED) is 0.424. The minimum atomic E-state index is 0.186. The first-order chi connectivity index (χ1) is 15.2. The average molecular weight is 452 g/mol. The Morgan fingerprint density at radius 3 is 2.61 bits per heavy atom. The summed E-state index contributed by atoms with van der Waals surface area (Å²) in [4.78, 5) is 8.68. The van der Waals surface area contributed by atoms with Gasteiger partial charge in [-0.1, -0.05) is 39.8 Å². The fourth-order valence-corrected chi connectivity index (χ4v) is 6.69. The van der Waals surface area contributed by atoms with Gasteiger partial charge in [-0.25, -0.2) is 14.6 Å². The predicted octanol–water partition coefficient (Wildman–Crippen LogP) is 4.65. The van der Waals surface area contributed by atoms with Gasteiger partial charge in [0.25, 0.3) is 0 Å². The Hall–Kier alpha value is -2.75. The molecule has 0 bridgehead atoms. The first-order valence-electron chi connectivity index (χ1n) is 9.84. The third kappa shape index (κ3) is 4.08. The first kappa shape index (κ1) is 20.2. The van der Waals surface area contributed by atoms with E-state index in [4.69, 9.17) is 20.3 Å². The van der Waals surface area contributed by atoms with Gasteiger partial charge < -0.3 is 15.2 Å². The van der Waals surface area contributed by atoms with Crippen LogP contribution < -0.4 is 10.5 Å². The van der Waals surface area contributed by atoms with Gasteiger partial charge in [0.1, 0.15) is 29.3 Å². The minimum absolute atomic E-state index is 0.186. The number of nitrogen functional groups attached to an aromatic ring is 1. The van der Waals surface area contributed by atoms with Crippen LogP contribution in [0.2, 0.25) is 0 Å². The summed E-state index contributed by atoms with van der Waals surface area (Å²) in [6.45, 7) is 0.693. The molecule has 0 amide bonds. The highest BCUT2D eigenvalue weighted by Crippen LogP contribution is 2.41. The maximum atomic E-state index is 6.24. The van der Waals surface area contributed by atoms with Crippen molar-refractivity contribution in [3.63, 3.8) is 0 Å². The lowest BCUT2D eigenvalue weighted by Gasteiger charge is -2.16. The van der Waals surface area contributed by atoms with E-state index in [1.165, 1.54) is 6.33 Å². The molecule has 0 aliphatic carbocycles. The second kappa shape index (κ2) is 8.78. The normalized spacial score (nSPS) is 18.5. The molecule has 0 spiro atoms. The number of anilines is 1. The molecule has 2 aromatic carbocycles. The molecule has 1 fully saturated rings. The molecule has 9 heteroatoms. The zero-order chi connectivity index (χ0) is 21.2. The van der Waals surface area contributed by atoms with Crippen molar-refractivity contribution in [3.8, 4) is 22.8 Å². The van der Waals surface area contributed by atoms with Crippen LogP contribution in [-0.2, 0) is 11.3 Å². The second-order valence-corrected chi connectivity index (χ2v) is 9.77. The monoisotopic (exact) mass is 451 g/mol. The summed E-state index contributed by atoms with van der Waals surface area (Å²) < 4.78 is 13.5. The SMILES string of the molecule is CO[C@H]1CSS[C@H]1Cn1nc(-c2ccc(Oc3ccccc3)cc2)c2c(N)ncnc21. The molecule has 1 saturated heterocycles. The van der Waals surface area contributed by atoms with Crippen LogP contribution in [0.3, 0.4) is 0 Å². The molecule has 0 unspecified atom stereocenters. The number of ether oxygens (including phenoxy) is 2. The van der Waals surface area contributed by atoms with E-state index in [-0.39, 0.29) is 6.10 Å². The van der Waals surface area contributed by atoms with E-state index in [1.807, 2.05) is 80.9 Å². The number of hydrogen-bond acceptors (Lipinski definition) is 8. The number of fused-ring (bicyclic) bond motifs is 1. The Labute approximate surface area is 187 Å². The van der Waals surface area contributed by atoms with Crippen LogP contribution in [-0.4, -0.2) is 44.0 Å². The fraction of sp³-hybridized carbons (Fsp3) is 0.227. The molecule has 2 N–H and O–H groups in total. The Balaban J connectivity index is 1.48. The molecule has 4 aromatic rings. The van der Waals surface area contributed by atoms with Crippen molar-refractivity contribution in [1.82, 2.24) is 19.7 Å². The van der Waals surface area contributed by atoms with Crippen molar-refractivity contribution in [2.45, 2.75) is 17.9 Å². The number of methoxy groups -OCH3 is 1. The Bertz CT molecular complexity index is 1180. The van der Waals surface area contributed by atoms with Gasteiger partial charge in [0.2, 0.25) is 0 Å². The highest BCUT2D eigenvalue weighted by atomic mass is 33.1. The van der Waals surface area contributed by atoms with Gasteiger partial charge >= 0.3 is 0 Å². The molecule has 0 radical (unpaired) electrons. The van der Waals surface area contributed by atoms with Crippen LogP contribution in [0.25, 0.3) is 22.3 Å². The van der Waals surface area contributed by atoms with Crippen molar-refractivity contribution >= 4 is 38.4 Å². The summed E-state index contributed by atoms with van der Waals surface area (Å²) >= 11 is 0. The molecule has 3 heterocycles. The Kier molecular flexibility index (Phi) is 5.71. The predicted molar refractivity (Wildman–Crippen MR) is 126 cm³/mol. The Morgan fingerprint density at radius 1 is 1.06 bits per heavy atom. The Morgan fingerprint density at radius 2 is 1.84 bits per heavy atom. The molecular weight excluding hydrogens is 430 g/mol. The van der Waals surface area contributed by atoms with Crippen molar-refractivity contribution in [3.05, 3.63) is 60.9 Å². The van der Waals surface area contributed by atoms with Crippen LogP contribution in [0.15, 0.2) is 60.9 Å². The molecule has 2 atom stereocenters. The van der Waals surface area contributed by atoms with E-state index >= 15 is 0 Å². The van der Waals surface area contributed by atoms with Gasteiger partial charge in [-0.2, -0.15) is 5.10 Å². The second-order valence-electron chi connectivity index (χ2n) is 7.12. The highest BCUT2D eigenvalue weighted by molar-refractivity contribution is 8.77. The zero-order valence-corrected chi connectivity index (χ0v) is 18.5. The van der Waals surface area contributed by atoms with Crippen LogP contribution in [0.5, 0.6) is 11.5 Å². The lowest BCUT2D eigenvalue weighted by molar-refractivity contribution is 0.117.